The van der Waals surface area contributed by atoms with Crippen molar-refractivity contribution in [3.8, 4) is 5.75 Å². The van der Waals surface area contributed by atoms with Crippen molar-refractivity contribution in [1.29, 1.82) is 0 Å². The summed E-state index contributed by atoms with van der Waals surface area (Å²) in [4.78, 5) is 0. The number of benzene rings is 6. The Morgan fingerprint density at radius 2 is 1.08 bits per heavy atom. The Labute approximate surface area is 353 Å². The highest BCUT2D eigenvalue weighted by Crippen LogP contribution is 2.46. The SMILES string of the molecule is CCc1ccc(Cc2cc(C3OC(COCc4ccccc4)[C@@H](OCc4ccccc4)[C@H](OCc4ccccc4)[C@H]3OCc3ccccc3)c3c(c2Cl)OCC=C3)cc1. The van der Waals surface area contributed by atoms with E-state index in [1.807, 2.05) is 78.9 Å². The Hall–Kier alpha value is -5.05. The zero-order valence-electron chi connectivity index (χ0n) is 33.5. The monoisotopic (exact) mass is 806 g/mol. The lowest BCUT2D eigenvalue weighted by Gasteiger charge is -2.47. The molecular weight excluding hydrogens is 756 g/mol. The van der Waals surface area contributed by atoms with Crippen LogP contribution in [-0.4, -0.2) is 37.6 Å². The van der Waals surface area contributed by atoms with Gasteiger partial charge in [-0.3, -0.25) is 0 Å². The average Bonchev–Trinajstić information content (AvgIpc) is 3.30. The highest BCUT2D eigenvalue weighted by atomic mass is 35.5. The van der Waals surface area contributed by atoms with Crippen molar-refractivity contribution >= 4 is 17.7 Å². The van der Waals surface area contributed by atoms with Gasteiger partial charge in [0.25, 0.3) is 0 Å². The van der Waals surface area contributed by atoms with Gasteiger partial charge in [-0.1, -0.05) is 176 Å². The van der Waals surface area contributed by atoms with E-state index in [4.69, 9.17) is 40.0 Å². The maximum absolute atomic E-state index is 7.35. The Bertz CT molecular complexity index is 2230. The van der Waals surface area contributed by atoms with Crippen LogP contribution < -0.4 is 4.74 Å². The first-order valence-corrected chi connectivity index (χ1v) is 21.0. The van der Waals surface area contributed by atoms with E-state index in [-0.39, 0.29) is 6.61 Å². The molecule has 302 valence electrons. The van der Waals surface area contributed by atoms with Crippen LogP contribution in [0.3, 0.4) is 0 Å². The Balaban J connectivity index is 1.22. The molecule has 0 saturated carbocycles. The van der Waals surface area contributed by atoms with Gasteiger partial charge in [0.05, 0.1) is 38.1 Å². The van der Waals surface area contributed by atoms with Crippen molar-refractivity contribution in [3.05, 3.63) is 213 Å². The minimum atomic E-state index is -0.611. The molecule has 2 heterocycles. The standard InChI is InChI=1S/C52H51ClO6/c1-2-37-25-27-38(28-26-37)30-43-31-45(44-24-15-29-55-48(44)47(43)53)49-51(57-34-41-20-11-5-12-21-41)52(58-35-42-22-13-6-14-23-42)50(56-33-40-18-9-4-10-19-40)46(59-49)36-54-32-39-16-7-3-8-17-39/h3-28,31,46,49-52H,2,29-30,32-36H2,1H3/t46?,49?,50-,51+,52+/m1/s1. The number of rotatable bonds is 17. The summed E-state index contributed by atoms with van der Waals surface area (Å²) < 4.78 is 41.3. The van der Waals surface area contributed by atoms with Crippen LogP contribution in [0.2, 0.25) is 5.02 Å². The predicted molar refractivity (Wildman–Crippen MR) is 233 cm³/mol. The zero-order chi connectivity index (χ0) is 40.2. The Morgan fingerprint density at radius 3 is 1.64 bits per heavy atom. The lowest BCUT2D eigenvalue weighted by Crippen LogP contribution is -2.58. The van der Waals surface area contributed by atoms with Gasteiger partial charge < -0.3 is 28.4 Å². The van der Waals surface area contributed by atoms with E-state index >= 15 is 0 Å². The second-order valence-corrected chi connectivity index (χ2v) is 15.5. The third kappa shape index (κ3) is 10.4. The summed E-state index contributed by atoms with van der Waals surface area (Å²) in [5.74, 6) is 0.651. The number of aryl methyl sites for hydroxylation is 1. The quantitative estimate of drug-likeness (QED) is 0.0915. The van der Waals surface area contributed by atoms with Gasteiger partial charge in [-0.05, 0) is 63.4 Å². The molecule has 1 fully saturated rings. The van der Waals surface area contributed by atoms with Gasteiger partial charge in [0, 0.05) is 5.56 Å². The van der Waals surface area contributed by atoms with Gasteiger partial charge in [0.15, 0.2) is 0 Å². The summed E-state index contributed by atoms with van der Waals surface area (Å²) in [5.41, 5.74) is 9.41. The summed E-state index contributed by atoms with van der Waals surface area (Å²) in [5, 5.41) is 0.605. The first kappa shape index (κ1) is 40.7. The fraction of sp³-hybridized carbons (Fsp3) is 0.269. The van der Waals surface area contributed by atoms with Gasteiger partial charge in [0.2, 0.25) is 0 Å². The van der Waals surface area contributed by atoms with E-state index in [1.165, 1.54) is 5.56 Å². The molecule has 59 heavy (non-hydrogen) atoms. The van der Waals surface area contributed by atoms with Gasteiger partial charge in [-0.25, -0.2) is 0 Å². The molecule has 0 amide bonds. The molecule has 2 aliphatic heterocycles. The van der Waals surface area contributed by atoms with E-state index in [0.717, 1.165) is 50.9 Å². The van der Waals surface area contributed by atoms with Crippen LogP contribution >= 0.6 is 11.6 Å². The molecule has 0 aliphatic carbocycles. The summed E-state index contributed by atoms with van der Waals surface area (Å²) in [6.07, 6.45) is 2.83. The van der Waals surface area contributed by atoms with E-state index in [0.29, 0.717) is 50.2 Å². The number of hydrogen-bond acceptors (Lipinski definition) is 6. The summed E-state index contributed by atoms with van der Waals surface area (Å²) >= 11 is 7.25. The van der Waals surface area contributed by atoms with Gasteiger partial charge in [0.1, 0.15) is 42.9 Å². The molecule has 6 aromatic rings. The predicted octanol–water partition coefficient (Wildman–Crippen LogP) is 11.3. The van der Waals surface area contributed by atoms with Crippen LogP contribution in [-0.2, 0) is 63.0 Å². The fourth-order valence-electron chi connectivity index (χ4n) is 7.85. The van der Waals surface area contributed by atoms with E-state index < -0.39 is 30.5 Å². The van der Waals surface area contributed by atoms with E-state index in [2.05, 4.69) is 91.9 Å². The van der Waals surface area contributed by atoms with Crippen LogP contribution in [0, 0.1) is 0 Å². The third-order valence-electron chi connectivity index (χ3n) is 11.0. The maximum Gasteiger partial charge on any atom is 0.146 e. The van der Waals surface area contributed by atoms with Crippen LogP contribution in [0.5, 0.6) is 5.75 Å². The molecule has 2 aliphatic rings. The first-order valence-electron chi connectivity index (χ1n) is 20.6. The number of ether oxygens (including phenoxy) is 6. The smallest absolute Gasteiger partial charge is 0.146 e. The minimum absolute atomic E-state index is 0.264. The summed E-state index contributed by atoms with van der Waals surface area (Å²) in [7, 11) is 0. The van der Waals surface area contributed by atoms with Crippen molar-refractivity contribution in [2.75, 3.05) is 13.2 Å². The van der Waals surface area contributed by atoms with E-state index in [1.54, 1.807) is 0 Å². The highest BCUT2D eigenvalue weighted by molar-refractivity contribution is 6.33. The summed E-state index contributed by atoms with van der Waals surface area (Å²) in [6.45, 7) is 4.34. The largest absolute Gasteiger partial charge is 0.487 e. The molecule has 0 spiro atoms. The van der Waals surface area contributed by atoms with Crippen molar-refractivity contribution in [2.45, 2.75) is 76.7 Å². The molecule has 2 unspecified atom stereocenters. The zero-order valence-corrected chi connectivity index (χ0v) is 34.2. The lowest BCUT2D eigenvalue weighted by molar-refractivity contribution is -0.275. The van der Waals surface area contributed by atoms with Crippen molar-refractivity contribution in [2.24, 2.45) is 0 Å². The number of hydrogen-bond donors (Lipinski definition) is 0. The molecule has 8 rings (SSSR count). The normalized spacial score (nSPS) is 19.9. The number of fused-ring (bicyclic) bond motifs is 1. The minimum Gasteiger partial charge on any atom is -0.487 e. The van der Waals surface area contributed by atoms with Gasteiger partial charge >= 0.3 is 0 Å². The fourth-order valence-corrected chi connectivity index (χ4v) is 8.13. The molecule has 7 heteroatoms. The Kier molecular flexibility index (Phi) is 14.0. The molecule has 0 N–H and O–H groups in total. The Morgan fingerprint density at radius 1 is 0.576 bits per heavy atom. The van der Waals surface area contributed by atoms with E-state index in [9.17, 15) is 0 Å². The average molecular weight is 807 g/mol. The third-order valence-corrected chi connectivity index (χ3v) is 11.4. The molecular formula is C52H51ClO6. The van der Waals surface area contributed by atoms with Gasteiger partial charge in [-0.2, -0.15) is 0 Å². The van der Waals surface area contributed by atoms with Crippen LogP contribution in [0.4, 0.5) is 0 Å². The second kappa shape index (κ2) is 20.3. The number of halogens is 1. The maximum atomic E-state index is 7.35. The second-order valence-electron chi connectivity index (χ2n) is 15.1. The molecule has 5 atom stereocenters. The first-order chi connectivity index (χ1) is 29.1. The molecule has 1 saturated heterocycles. The van der Waals surface area contributed by atoms with Gasteiger partial charge in [-0.15, -0.1) is 0 Å². The molecule has 6 aromatic carbocycles. The van der Waals surface area contributed by atoms with Crippen molar-refractivity contribution < 1.29 is 28.4 Å². The molecule has 0 aromatic heterocycles. The summed E-state index contributed by atoms with van der Waals surface area (Å²) in [6, 6.07) is 51.7. The lowest BCUT2D eigenvalue weighted by atomic mass is 9.86. The van der Waals surface area contributed by atoms with Crippen LogP contribution in [0.25, 0.3) is 6.08 Å². The molecule has 6 nitrogen and oxygen atoms in total. The molecule has 0 bridgehead atoms. The topological polar surface area (TPSA) is 55.4 Å². The van der Waals surface area contributed by atoms with Crippen LogP contribution in [0.1, 0.15) is 63.1 Å². The van der Waals surface area contributed by atoms with Crippen molar-refractivity contribution in [1.82, 2.24) is 0 Å². The van der Waals surface area contributed by atoms with Crippen molar-refractivity contribution in [3.63, 3.8) is 0 Å². The van der Waals surface area contributed by atoms with Crippen LogP contribution in [0.15, 0.2) is 158 Å². The molecule has 0 radical (unpaired) electrons. The highest BCUT2D eigenvalue weighted by Gasteiger charge is 2.50.